The number of nitrogens with one attached hydrogen (secondary N) is 1. The van der Waals surface area contributed by atoms with Gasteiger partial charge in [0.05, 0.1) is 11.2 Å². The summed E-state index contributed by atoms with van der Waals surface area (Å²) in [5.74, 6) is -1.10. The third-order valence-corrected chi connectivity index (χ3v) is 3.13. The van der Waals surface area contributed by atoms with E-state index in [2.05, 4.69) is 19.7 Å². The number of aromatic nitrogens is 3. The van der Waals surface area contributed by atoms with Crippen LogP contribution in [0.15, 0.2) is 10.9 Å². The Labute approximate surface area is 103 Å². The summed E-state index contributed by atoms with van der Waals surface area (Å²) >= 11 is 2.18. The monoisotopic (exact) mass is 280 g/mol. The molecule has 4 nitrogen and oxygen atoms in total. The lowest BCUT2D eigenvalue weighted by Gasteiger charge is -2.00. The molecular weight excluding hydrogens is 273 g/mol. The van der Waals surface area contributed by atoms with Crippen molar-refractivity contribution in [2.75, 3.05) is 11.9 Å². The normalized spacial score (nSPS) is 11.7. The molecule has 0 atom stereocenters. The first-order valence-corrected chi connectivity index (χ1v) is 6.29. The Kier molecular flexibility index (Phi) is 3.57. The van der Waals surface area contributed by atoms with Gasteiger partial charge in [0.15, 0.2) is 0 Å². The molecule has 0 aliphatic rings. The number of thiazole rings is 1. The molecule has 0 saturated heterocycles. The number of hydrogen-bond donors (Lipinski definition) is 1. The maximum absolute atomic E-state index is 12.2. The average molecular weight is 280 g/mol. The second-order valence-corrected chi connectivity index (χ2v) is 4.55. The third kappa shape index (κ3) is 3.37. The van der Waals surface area contributed by atoms with Gasteiger partial charge in [-0.25, -0.2) is 4.98 Å². The number of alkyl halides is 3. The van der Waals surface area contributed by atoms with Gasteiger partial charge < -0.3 is 5.32 Å². The Morgan fingerprint density at radius 1 is 1.35 bits per heavy atom. The summed E-state index contributed by atoms with van der Waals surface area (Å²) in [6.45, 7) is 0.482. The number of hydrogen-bond acceptors (Lipinski definition) is 6. The highest BCUT2D eigenvalue weighted by atomic mass is 32.1. The molecule has 2 rings (SSSR count). The van der Waals surface area contributed by atoms with E-state index in [0.29, 0.717) is 24.5 Å². The maximum atomic E-state index is 12.2. The molecule has 0 aromatic carbocycles. The van der Waals surface area contributed by atoms with Gasteiger partial charge in [0.2, 0.25) is 11.0 Å². The summed E-state index contributed by atoms with van der Waals surface area (Å²) < 4.78 is 39.8. The largest absolute Gasteiger partial charge is 0.452 e. The molecule has 2 aromatic rings. The minimum atomic E-state index is -4.48. The van der Waals surface area contributed by atoms with Gasteiger partial charge in [0.1, 0.15) is 0 Å². The van der Waals surface area contributed by atoms with E-state index in [-0.39, 0.29) is 5.13 Å². The molecule has 0 aliphatic heterocycles. The Bertz CT molecular complexity index is 465. The van der Waals surface area contributed by atoms with E-state index in [0.717, 1.165) is 5.69 Å². The van der Waals surface area contributed by atoms with Crippen LogP contribution < -0.4 is 5.32 Å². The van der Waals surface area contributed by atoms with Crippen LogP contribution in [0, 0.1) is 0 Å². The minimum Gasteiger partial charge on any atom is -0.360 e. The van der Waals surface area contributed by atoms with Crippen LogP contribution >= 0.6 is 22.9 Å². The van der Waals surface area contributed by atoms with Crippen molar-refractivity contribution in [3.63, 3.8) is 0 Å². The Balaban J connectivity index is 1.85. The summed E-state index contributed by atoms with van der Waals surface area (Å²) in [7, 11) is 0. The van der Waals surface area contributed by atoms with Crippen molar-refractivity contribution < 1.29 is 13.2 Å². The lowest BCUT2D eigenvalue weighted by atomic mass is 10.3. The van der Waals surface area contributed by atoms with Crippen LogP contribution in [0.2, 0.25) is 0 Å². The Hall–Kier alpha value is -1.22. The molecule has 2 heterocycles. The summed E-state index contributed by atoms with van der Waals surface area (Å²) in [6.07, 6.45) is -3.84. The molecule has 0 spiro atoms. The highest BCUT2D eigenvalue weighted by Gasteiger charge is 2.36. The molecular formula is C8H7F3N4S2. The Morgan fingerprint density at radius 3 is 2.76 bits per heavy atom. The van der Waals surface area contributed by atoms with Gasteiger partial charge in [-0.05, 0) is 0 Å². The highest BCUT2D eigenvalue weighted by Crippen LogP contribution is 2.28. The van der Waals surface area contributed by atoms with Crippen LogP contribution in [-0.4, -0.2) is 20.9 Å². The van der Waals surface area contributed by atoms with Gasteiger partial charge in [-0.2, -0.15) is 22.5 Å². The van der Waals surface area contributed by atoms with Gasteiger partial charge in [-0.3, -0.25) is 0 Å². The lowest BCUT2D eigenvalue weighted by Crippen LogP contribution is -2.08. The molecule has 0 unspecified atom stereocenters. The van der Waals surface area contributed by atoms with E-state index >= 15 is 0 Å². The number of halogens is 3. The van der Waals surface area contributed by atoms with E-state index in [4.69, 9.17) is 0 Å². The highest BCUT2D eigenvalue weighted by molar-refractivity contribution is 7.09. The lowest BCUT2D eigenvalue weighted by molar-refractivity contribution is -0.144. The van der Waals surface area contributed by atoms with Crippen LogP contribution in [0.25, 0.3) is 0 Å². The number of nitrogens with zero attached hydrogens (tertiary/aromatic N) is 3. The molecule has 0 saturated carbocycles. The van der Waals surface area contributed by atoms with E-state index in [9.17, 15) is 13.2 Å². The van der Waals surface area contributed by atoms with Crippen LogP contribution in [0.3, 0.4) is 0 Å². The fraction of sp³-hybridized carbons (Fsp3) is 0.375. The number of rotatable bonds is 4. The molecule has 0 fully saturated rings. The van der Waals surface area contributed by atoms with Gasteiger partial charge in [-0.1, -0.05) is 0 Å². The van der Waals surface area contributed by atoms with Crippen molar-refractivity contribution in [2.45, 2.75) is 12.6 Å². The van der Waals surface area contributed by atoms with Gasteiger partial charge in [0.25, 0.3) is 0 Å². The van der Waals surface area contributed by atoms with E-state index < -0.39 is 12.0 Å². The van der Waals surface area contributed by atoms with Crippen LogP contribution in [0.4, 0.5) is 18.3 Å². The topological polar surface area (TPSA) is 50.7 Å². The average Bonchev–Trinajstić information content (AvgIpc) is 2.86. The molecule has 92 valence electrons. The first-order chi connectivity index (χ1) is 8.05. The zero-order valence-electron chi connectivity index (χ0n) is 8.36. The SMILES string of the molecule is FC(F)(F)c1nsc(NCCc2cscn2)n1. The standard InChI is InChI=1S/C8H7F3N4S2/c9-8(10,11)6-14-7(17-15-6)12-2-1-5-3-16-4-13-5/h3-4H,1-2H2,(H,12,14,15). The second kappa shape index (κ2) is 4.96. The molecule has 0 bridgehead atoms. The molecule has 0 amide bonds. The molecule has 9 heteroatoms. The zero-order chi connectivity index (χ0) is 12.3. The smallest absolute Gasteiger partial charge is 0.360 e. The quantitative estimate of drug-likeness (QED) is 0.935. The van der Waals surface area contributed by atoms with Crippen molar-refractivity contribution >= 4 is 28.0 Å². The molecule has 1 N–H and O–H groups in total. The predicted octanol–water partition coefficient (Wildman–Crippen LogP) is 2.67. The summed E-state index contributed by atoms with van der Waals surface area (Å²) in [5, 5.41) is 4.85. The van der Waals surface area contributed by atoms with Crippen molar-refractivity contribution in [2.24, 2.45) is 0 Å². The van der Waals surface area contributed by atoms with Crippen LogP contribution in [0.5, 0.6) is 0 Å². The summed E-state index contributed by atoms with van der Waals surface area (Å²) in [4.78, 5) is 7.41. The molecule has 17 heavy (non-hydrogen) atoms. The van der Waals surface area contributed by atoms with Gasteiger partial charge in [0, 0.05) is 29.9 Å². The van der Waals surface area contributed by atoms with E-state index in [1.54, 1.807) is 5.51 Å². The van der Waals surface area contributed by atoms with E-state index in [1.165, 1.54) is 11.3 Å². The molecule has 0 radical (unpaired) electrons. The third-order valence-electron chi connectivity index (χ3n) is 1.82. The van der Waals surface area contributed by atoms with Crippen molar-refractivity contribution in [3.8, 4) is 0 Å². The van der Waals surface area contributed by atoms with Crippen LogP contribution in [0.1, 0.15) is 11.5 Å². The first kappa shape index (κ1) is 12.2. The maximum Gasteiger partial charge on any atom is 0.452 e. The van der Waals surface area contributed by atoms with E-state index in [1.807, 2.05) is 5.38 Å². The number of anilines is 1. The van der Waals surface area contributed by atoms with Crippen molar-refractivity contribution in [3.05, 3.63) is 22.4 Å². The minimum absolute atomic E-state index is 0.174. The van der Waals surface area contributed by atoms with Crippen molar-refractivity contribution in [1.82, 2.24) is 14.3 Å². The summed E-state index contributed by atoms with van der Waals surface area (Å²) in [5.41, 5.74) is 2.62. The zero-order valence-corrected chi connectivity index (χ0v) is 9.99. The summed E-state index contributed by atoms with van der Waals surface area (Å²) in [6, 6.07) is 0. The molecule has 0 aliphatic carbocycles. The van der Waals surface area contributed by atoms with Crippen LogP contribution in [-0.2, 0) is 12.6 Å². The predicted molar refractivity (Wildman–Crippen MR) is 59.2 cm³/mol. The van der Waals surface area contributed by atoms with Gasteiger partial charge >= 0.3 is 6.18 Å². The second-order valence-electron chi connectivity index (χ2n) is 3.08. The molecule has 2 aromatic heterocycles. The fourth-order valence-corrected chi connectivity index (χ4v) is 2.27. The van der Waals surface area contributed by atoms with Crippen molar-refractivity contribution in [1.29, 1.82) is 0 Å². The fourth-order valence-electron chi connectivity index (χ4n) is 1.07. The first-order valence-electron chi connectivity index (χ1n) is 4.57. The Morgan fingerprint density at radius 2 is 2.18 bits per heavy atom. The van der Waals surface area contributed by atoms with Gasteiger partial charge in [-0.15, -0.1) is 11.3 Å².